The summed E-state index contributed by atoms with van der Waals surface area (Å²) in [6, 6.07) is 14.0. The molecule has 0 aromatic heterocycles. The molecule has 2 amide bonds. The summed E-state index contributed by atoms with van der Waals surface area (Å²) in [4.78, 5) is 27.8. The van der Waals surface area contributed by atoms with Crippen LogP contribution in [0.2, 0.25) is 5.02 Å². The van der Waals surface area contributed by atoms with Crippen molar-refractivity contribution in [1.29, 1.82) is 0 Å². The van der Waals surface area contributed by atoms with Gasteiger partial charge in [-0.1, -0.05) is 43.5 Å². The number of carbonyl (C=O) groups is 2. The van der Waals surface area contributed by atoms with Gasteiger partial charge in [0, 0.05) is 35.1 Å². The van der Waals surface area contributed by atoms with Crippen molar-refractivity contribution in [1.82, 2.24) is 5.32 Å². The summed E-state index contributed by atoms with van der Waals surface area (Å²) in [5.41, 5.74) is 2.31. The normalized spacial score (nSPS) is 14.5. The molecule has 0 bridgehead atoms. The van der Waals surface area contributed by atoms with E-state index in [0.29, 0.717) is 17.0 Å². The highest BCUT2D eigenvalue weighted by Gasteiger charge is 2.22. The van der Waals surface area contributed by atoms with E-state index >= 15 is 0 Å². The van der Waals surface area contributed by atoms with Gasteiger partial charge in [-0.25, -0.2) is 0 Å². The van der Waals surface area contributed by atoms with Gasteiger partial charge in [0.1, 0.15) is 6.04 Å². The first kappa shape index (κ1) is 21.2. The molecule has 0 radical (unpaired) electrons. The fraction of sp³-hybridized carbons (Fsp3) is 0.391. The van der Waals surface area contributed by atoms with Crippen LogP contribution in [0.5, 0.6) is 0 Å². The Balaban J connectivity index is 1.68. The molecule has 154 valence electrons. The van der Waals surface area contributed by atoms with Crippen LogP contribution in [0.3, 0.4) is 0 Å². The van der Waals surface area contributed by atoms with Gasteiger partial charge in [-0.2, -0.15) is 0 Å². The SMILES string of the molecule is CCCCC(NC(=O)c1cccc(Cl)c1)C(=O)Nc1cccc(N2CCCC2)c1. The third kappa shape index (κ3) is 5.97. The third-order valence-corrected chi connectivity index (χ3v) is 5.37. The molecule has 2 aromatic rings. The highest BCUT2D eigenvalue weighted by atomic mass is 35.5. The molecule has 29 heavy (non-hydrogen) atoms. The lowest BCUT2D eigenvalue weighted by Gasteiger charge is -2.21. The van der Waals surface area contributed by atoms with Gasteiger partial charge in [0.2, 0.25) is 5.91 Å². The van der Waals surface area contributed by atoms with Crippen LogP contribution < -0.4 is 15.5 Å². The van der Waals surface area contributed by atoms with Crippen LogP contribution in [-0.2, 0) is 4.79 Å². The summed E-state index contributed by atoms with van der Waals surface area (Å²) in [6.45, 7) is 4.16. The predicted molar refractivity (Wildman–Crippen MR) is 119 cm³/mol. The Bertz CT molecular complexity index is 850. The van der Waals surface area contributed by atoms with Crippen molar-refractivity contribution in [2.75, 3.05) is 23.3 Å². The van der Waals surface area contributed by atoms with E-state index in [4.69, 9.17) is 11.6 Å². The van der Waals surface area contributed by atoms with Crippen molar-refractivity contribution in [3.05, 3.63) is 59.1 Å². The van der Waals surface area contributed by atoms with Gasteiger partial charge in [0.05, 0.1) is 0 Å². The summed E-state index contributed by atoms with van der Waals surface area (Å²) >= 11 is 5.98. The quantitative estimate of drug-likeness (QED) is 0.649. The van der Waals surface area contributed by atoms with E-state index < -0.39 is 6.04 Å². The molecule has 0 spiro atoms. The van der Waals surface area contributed by atoms with Crippen molar-refractivity contribution >= 4 is 34.8 Å². The van der Waals surface area contributed by atoms with Crippen molar-refractivity contribution < 1.29 is 9.59 Å². The number of benzene rings is 2. The number of halogens is 1. The minimum atomic E-state index is -0.600. The average Bonchev–Trinajstić information content (AvgIpc) is 3.26. The Labute approximate surface area is 177 Å². The molecular formula is C23H28ClN3O2. The van der Waals surface area contributed by atoms with Gasteiger partial charge in [-0.05, 0) is 55.7 Å². The second-order valence-electron chi connectivity index (χ2n) is 7.41. The molecule has 6 heteroatoms. The van der Waals surface area contributed by atoms with Crippen molar-refractivity contribution in [2.24, 2.45) is 0 Å². The lowest BCUT2D eigenvalue weighted by atomic mass is 10.1. The van der Waals surface area contributed by atoms with Crippen LogP contribution in [-0.4, -0.2) is 30.9 Å². The zero-order valence-electron chi connectivity index (χ0n) is 16.8. The first-order valence-electron chi connectivity index (χ1n) is 10.3. The molecule has 1 heterocycles. The molecule has 1 unspecified atom stereocenters. The number of nitrogens with zero attached hydrogens (tertiary/aromatic N) is 1. The van der Waals surface area contributed by atoms with Gasteiger partial charge < -0.3 is 15.5 Å². The first-order valence-corrected chi connectivity index (χ1v) is 10.7. The van der Waals surface area contributed by atoms with E-state index in [0.717, 1.165) is 37.3 Å². The average molecular weight is 414 g/mol. The van der Waals surface area contributed by atoms with Crippen molar-refractivity contribution in [3.63, 3.8) is 0 Å². The van der Waals surface area contributed by atoms with Crippen molar-refractivity contribution in [3.8, 4) is 0 Å². The van der Waals surface area contributed by atoms with E-state index in [1.807, 2.05) is 18.2 Å². The molecule has 1 saturated heterocycles. The van der Waals surface area contributed by atoms with Crippen LogP contribution in [0.1, 0.15) is 49.4 Å². The summed E-state index contributed by atoms with van der Waals surface area (Å²) in [5.74, 6) is -0.498. The van der Waals surface area contributed by atoms with Gasteiger partial charge >= 0.3 is 0 Å². The van der Waals surface area contributed by atoms with Gasteiger partial charge in [-0.3, -0.25) is 9.59 Å². The zero-order chi connectivity index (χ0) is 20.6. The highest BCUT2D eigenvalue weighted by Crippen LogP contribution is 2.23. The molecule has 1 aliphatic heterocycles. The number of hydrogen-bond acceptors (Lipinski definition) is 3. The maximum absolute atomic E-state index is 12.9. The highest BCUT2D eigenvalue weighted by molar-refractivity contribution is 6.31. The number of hydrogen-bond donors (Lipinski definition) is 2. The van der Waals surface area contributed by atoms with Crippen LogP contribution in [0, 0.1) is 0 Å². The lowest BCUT2D eigenvalue weighted by Crippen LogP contribution is -2.43. The van der Waals surface area contributed by atoms with Crippen LogP contribution in [0.15, 0.2) is 48.5 Å². The Morgan fingerprint density at radius 2 is 1.86 bits per heavy atom. The number of rotatable bonds is 8. The Hall–Kier alpha value is -2.53. The number of nitrogens with one attached hydrogen (secondary N) is 2. The molecule has 1 fully saturated rings. The Kier molecular flexibility index (Phi) is 7.53. The first-order chi connectivity index (χ1) is 14.1. The molecule has 0 aliphatic carbocycles. The maximum atomic E-state index is 12.9. The minimum absolute atomic E-state index is 0.201. The van der Waals surface area contributed by atoms with E-state index in [1.165, 1.54) is 12.8 Å². The van der Waals surface area contributed by atoms with E-state index in [-0.39, 0.29) is 11.8 Å². The number of carbonyl (C=O) groups excluding carboxylic acids is 2. The zero-order valence-corrected chi connectivity index (χ0v) is 17.5. The Morgan fingerprint density at radius 3 is 2.59 bits per heavy atom. The van der Waals surface area contributed by atoms with Crippen LogP contribution in [0.25, 0.3) is 0 Å². The standard InChI is InChI=1S/C23H28ClN3O2/c1-2-3-12-21(26-22(28)17-8-6-9-18(24)15-17)23(29)25-19-10-7-11-20(16-19)27-13-4-5-14-27/h6-11,15-16,21H,2-5,12-14H2,1H3,(H,25,29)(H,26,28). The molecular weight excluding hydrogens is 386 g/mol. The summed E-state index contributed by atoms with van der Waals surface area (Å²) in [5, 5.41) is 6.33. The largest absolute Gasteiger partial charge is 0.371 e. The molecule has 2 N–H and O–H groups in total. The fourth-order valence-electron chi connectivity index (χ4n) is 3.53. The fourth-order valence-corrected chi connectivity index (χ4v) is 3.72. The molecule has 3 rings (SSSR count). The van der Waals surface area contributed by atoms with E-state index in [1.54, 1.807) is 24.3 Å². The summed E-state index contributed by atoms with van der Waals surface area (Å²) < 4.78 is 0. The van der Waals surface area contributed by atoms with E-state index in [9.17, 15) is 9.59 Å². The monoisotopic (exact) mass is 413 g/mol. The summed E-state index contributed by atoms with van der Waals surface area (Å²) in [7, 11) is 0. The lowest BCUT2D eigenvalue weighted by molar-refractivity contribution is -0.118. The van der Waals surface area contributed by atoms with Crippen molar-refractivity contribution in [2.45, 2.75) is 45.1 Å². The smallest absolute Gasteiger partial charge is 0.251 e. The second-order valence-corrected chi connectivity index (χ2v) is 7.85. The molecule has 0 saturated carbocycles. The van der Waals surface area contributed by atoms with Gasteiger partial charge in [0.15, 0.2) is 0 Å². The van der Waals surface area contributed by atoms with Crippen LogP contribution in [0.4, 0.5) is 11.4 Å². The predicted octanol–water partition coefficient (Wildman–Crippen LogP) is 4.87. The third-order valence-electron chi connectivity index (χ3n) is 5.14. The number of anilines is 2. The molecule has 1 atom stereocenters. The topological polar surface area (TPSA) is 61.4 Å². The second kappa shape index (κ2) is 10.3. The van der Waals surface area contributed by atoms with Crippen LogP contribution >= 0.6 is 11.6 Å². The maximum Gasteiger partial charge on any atom is 0.251 e. The summed E-state index contributed by atoms with van der Waals surface area (Å²) in [6.07, 6.45) is 4.78. The van der Waals surface area contributed by atoms with E-state index in [2.05, 4.69) is 28.5 Å². The molecule has 5 nitrogen and oxygen atoms in total. The number of unbranched alkanes of at least 4 members (excludes halogenated alkanes) is 1. The minimum Gasteiger partial charge on any atom is -0.371 e. The van der Waals surface area contributed by atoms with Gasteiger partial charge in [-0.15, -0.1) is 0 Å². The number of amides is 2. The molecule has 2 aromatic carbocycles. The van der Waals surface area contributed by atoms with Gasteiger partial charge in [0.25, 0.3) is 5.91 Å². The molecule has 1 aliphatic rings. The Morgan fingerprint density at radius 1 is 1.10 bits per heavy atom.